The van der Waals surface area contributed by atoms with E-state index in [1.165, 1.54) is 5.56 Å². The predicted molar refractivity (Wildman–Crippen MR) is 203 cm³/mol. The second-order valence-electron chi connectivity index (χ2n) is 18.5. The van der Waals surface area contributed by atoms with Crippen LogP contribution in [-0.2, 0) is 55.7 Å². The first-order chi connectivity index (χ1) is 24.9. The molecule has 2 heterocycles. The van der Waals surface area contributed by atoms with Gasteiger partial charge in [-0.1, -0.05) is 36.4 Å². The number of esters is 4. The summed E-state index contributed by atoms with van der Waals surface area (Å²) < 4.78 is 37.1. The molecule has 0 aromatic heterocycles. The van der Waals surface area contributed by atoms with Crippen molar-refractivity contribution in [3.63, 3.8) is 0 Å². The van der Waals surface area contributed by atoms with Crippen LogP contribution in [-0.4, -0.2) is 79.7 Å². The lowest BCUT2D eigenvalue weighted by Crippen LogP contribution is -2.68. The van der Waals surface area contributed by atoms with E-state index in [2.05, 4.69) is 17.0 Å². The van der Waals surface area contributed by atoms with Crippen molar-refractivity contribution in [2.45, 2.75) is 133 Å². The van der Waals surface area contributed by atoms with Crippen LogP contribution in [0, 0.1) is 21.7 Å². The fourth-order valence-corrected chi connectivity index (χ4v) is 6.16. The van der Waals surface area contributed by atoms with Gasteiger partial charge in [-0.3, -0.25) is 24.1 Å². The molecule has 0 bridgehead atoms. The molecule has 11 heteroatoms. The summed E-state index contributed by atoms with van der Waals surface area (Å²) in [5.74, 6) is -1.50. The van der Waals surface area contributed by atoms with E-state index in [-0.39, 0.29) is 12.6 Å². The van der Waals surface area contributed by atoms with Gasteiger partial charge in [-0.05, 0) is 125 Å². The van der Waals surface area contributed by atoms with Gasteiger partial charge in [-0.25, -0.2) is 0 Å². The third-order valence-electron chi connectivity index (χ3n) is 9.54. The van der Waals surface area contributed by atoms with Crippen molar-refractivity contribution >= 4 is 23.9 Å². The zero-order valence-corrected chi connectivity index (χ0v) is 34.4. The Balaban J connectivity index is 1.93. The quantitative estimate of drug-likeness (QED) is 0.194. The molecule has 0 saturated carbocycles. The molecule has 0 radical (unpaired) electrons. The summed E-state index contributed by atoms with van der Waals surface area (Å²) >= 11 is 0. The van der Waals surface area contributed by atoms with E-state index in [1.807, 2.05) is 36.4 Å². The number of hydrogen-bond acceptors (Lipinski definition) is 11. The zero-order chi connectivity index (χ0) is 40.4. The smallest absolute Gasteiger partial charge is 0.311 e. The normalized spacial score (nSPS) is 23.8. The van der Waals surface area contributed by atoms with Crippen LogP contribution in [0.25, 0.3) is 0 Å². The summed E-state index contributed by atoms with van der Waals surface area (Å²) in [5, 5.41) is 0. The molecular formula is C43H61NO10. The first kappa shape index (κ1) is 42.8. The second-order valence-corrected chi connectivity index (χ2v) is 18.5. The average molecular weight is 752 g/mol. The van der Waals surface area contributed by atoms with Gasteiger partial charge in [0, 0.05) is 12.6 Å². The summed E-state index contributed by atoms with van der Waals surface area (Å²) in [6.45, 7) is 20.9. The Kier molecular flexibility index (Phi) is 13.0. The van der Waals surface area contributed by atoms with Gasteiger partial charge >= 0.3 is 23.9 Å². The lowest BCUT2D eigenvalue weighted by atomic mass is 9.86. The third kappa shape index (κ3) is 10.4. The second kappa shape index (κ2) is 16.4. The molecule has 2 aliphatic rings. The van der Waals surface area contributed by atoms with Crippen molar-refractivity contribution in [3.05, 3.63) is 65.2 Å². The minimum absolute atomic E-state index is 0.283. The van der Waals surface area contributed by atoms with E-state index < -0.39 is 76.2 Å². The predicted octanol–water partition coefficient (Wildman–Crippen LogP) is 7.03. The summed E-state index contributed by atoms with van der Waals surface area (Å²) in [4.78, 5) is 56.7. The van der Waals surface area contributed by atoms with Gasteiger partial charge < -0.3 is 28.4 Å². The number of benzene rings is 2. The van der Waals surface area contributed by atoms with E-state index in [1.54, 1.807) is 90.2 Å². The summed E-state index contributed by atoms with van der Waals surface area (Å²) in [6, 6.07) is 15.8. The Hall–Kier alpha value is -3.96. The number of methoxy groups -OCH3 is 1. The van der Waals surface area contributed by atoms with Crippen LogP contribution in [0.4, 0.5) is 0 Å². The maximum atomic E-state index is 13.9. The standard InChI is InChI=1S/C43H61NO10/c1-40(2,3)36(45)50-25-31-32(52-37(46)41(4,5)6)33(53-38(47)42(7,8)9)34(54-39(48)43(10,11)12)35(51-31)44-23-22-27-16-14-15-17-29(27)30(44)24-26-18-20-28(49-13)21-19-26/h14-21,30-35H,22-25H2,1-13H3/t30-,31-,32-,33+,34+,35-/m0/s1. The van der Waals surface area contributed by atoms with Gasteiger partial charge in [0.1, 0.15) is 18.5 Å². The highest BCUT2D eigenvalue weighted by Gasteiger charge is 2.57. The average Bonchev–Trinajstić information content (AvgIpc) is 3.07. The Morgan fingerprint density at radius 1 is 0.667 bits per heavy atom. The molecule has 298 valence electrons. The highest BCUT2D eigenvalue weighted by atomic mass is 16.7. The van der Waals surface area contributed by atoms with Crippen LogP contribution < -0.4 is 4.74 Å². The molecule has 2 aromatic carbocycles. The third-order valence-corrected chi connectivity index (χ3v) is 9.54. The number of carbonyl (C=O) groups is 4. The van der Waals surface area contributed by atoms with Crippen LogP contribution >= 0.6 is 0 Å². The van der Waals surface area contributed by atoms with Crippen LogP contribution in [0.15, 0.2) is 48.5 Å². The van der Waals surface area contributed by atoms with Gasteiger partial charge in [-0.2, -0.15) is 0 Å². The zero-order valence-electron chi connectivity index (χ0n) is 34.4. The molecule has 1 fully saturated rings. The molecule has 4 rings (SSSR count). The first-order valence-corrected chi connectivity index (χ1v) is 18.8. The number of nitrogens with zero attached hydrogens (tertiary/aromatic N) is 1. The minimum atomic E-state index is -1.33. The van der Waals surface area contributed by atoms with E-state index in [4.69, 9.17) is 28.4 Å². The number of fused-ring (bicyclic) bond motifs is 1. The largest absolute Gasteiger partial charge is 0.497 e. The number of rotatable bonds is 9. The van der Waals surface area contributed by atoms with E-state index in [0.717, 1.165) is 16.9 Å². The highest BCUT2D eigenvalue weighted by molar-refractivity contribution is 5.78. The molecule has 2 aliphatic heterocycles. The summed E-state index contributed by atoms with van der Waals surface area (Å²) in [7, 11) is 1.62. The van der Waals surface area contributed by atoms with Crippen molar-refractivity contribution in [3.8, 4) is 5.75 Å². The molecule has 0 unspecified atom stereocenters. The van der Waals surface area contributed by atoms with Gasteiger partial charge in [0.05, 0.1) is 28.8 Å². The van der Waals surface area contributed by atoms with Crippen LogP contribution in [0.2, 0.25) is 0 Å². The summed E-state index contributed by atoms with van der Waals surface area (Å²) in [5.41, 5.74) is -0.436. The van der Waals surface area contributed by atoms with Gasteiger partial charge in [0.2, 0.25) is 0 Å². The maximum Gasteiger partial charge on any atom is 0.311 e. The summed E-state index contributed by atoms with van der Waals surface area (Å²) in [6.07, 6.45) is -4.79. The molecule has 0 aliphatic carbocycles. The van der Waals surface area contributed by atoms with Gasteiger partial charge in [0.15, 0.2) is 24.5 Å². The van der Waals surface area contributed by atoms with Crippen molar-refractivity contribution < 1.29 is 47.6 Å². The van der Waals surface area contributed by atoms with E-state index >= 15 is 0 Å². The number of ether oxygens (including phenoxy) is 6. The lowest BCUT2D eigenvalue weighted by molar-refractivity contribution is -0.288. The van der Waals surface area contributed by atoms with Crippen molar-refractivity contribution in [1.29, 1.82) is 0 Å². The molecule has 0 N–H and O–H groups in total. The van der Waals surface area contributed by atoms with E-state index in [0.29, 0.717) is 19.4 Å². The molecular weight excluding hydrogens is 690 g/mol. The van der Waals surface area contributed by atoms with Crippen molar-refractivity contribution in [2.24, 2.45) is 21.7 Å². The molecule has 1 saturated heterocycles. The van der Waals surface area contributed by atoms with Crippen LogP contribution in [0.1, 0.15) is 106 Å². The van der Waals surface area contributed by atoms with Crippen LogP contribution in [0.5, 0.6) is 5.75 Å². The Bertz CT molecular complexity index is 1640. The molecule has 54 heavy (non-hydrogen) atoms. The maximum absolute atomic E-state index is 13.9. The monoisotopic (exact) mass is 751 g/mol. The fourth-order valence-electron chi connectivity index (χ4n) is 6.16. The molecule has 6 atom stereocenters. The van der Waals surface area contributed by atoms with Crippen molar-refractivity contribution in [1.82, 2.24) is 4.90 Å². The number of hydrogen-bond donors (Lipinski definition) is 0. The Morgan fingerprint density at radius 2 is 1.17 bits per heavy atom. The SMILES string of the molecule is COc1ccc(C[C@H]2c3ccccc3CCN2[C@H]2O[C@@H](COC(=O)C(C)(C)C)[C@H](OC(=O)C(C)(C)C)[C@@H](OC(=O)C(C)(C)C)[C@H]2OC(=O)C(C)(C)C)cc1. The van der Waals surface area contributed by atoms with Crippen LogP contribution in [0.3, 0.4) is 0 Å². The Labute approximate surface area is 321 Å². The molecule has 11 nitrogen and oxygen atoms in total. The fraction of sp³-hybridized carbons (Fsp3) is 0.628. The van der Waals surface area contributed by atoms with Crippen molar-refractivity contribution in [2.75, 3.05) is 20.3 Å². The first-order valence-electron chi connectivity index (χ1n) is 18.8. The topological polar surface area (TPSA) is 127 Å². The molecule has 0 amide bonds. The highest BCUT2D eigenvalue weighted by Crippen LogP contribution is 2.41. The number of carbonyl (C=O) groups excluding carboxylic acids is 4. The van der Waals surface area contributed by atoms with E-state index in [9.17, 15) is 19.2 Å². The van der Waals surface area contributed by atoms with Gasteiger partial charge in [0.25, 0.3) is 0 Å². The van der Waals surface area contributed by atoms with Gasteiger partial charge in [-0.15, -0.1) is 0 Å². The minimum Gasteiger partial charge on any atom is -0.497 e. The Morgan fingerprint density at radius 3 is 1.69 bits per heavy atom. The molecule has 0 spiro atoms. The lowest BCUT2D eigenvalue weighted by Gasteiger charge is -2.51. The molecule has 2 aromatic rings.